The van der Waals surface area contributed by atoms with Crippen LogP contribution in [0, 0.1) is 0 Å². The van der Waals surface area contributed by atoms with Gasteiger partial charge in [0.25, 0.3) is 0 Å². The lowest BCUT2D eigenvalue weighted by Crippen LogP contribution is -2.32. The molecule has 184 valence electrons. The van der Waals surface area contributed by atoms with E-state index in [1.54, 1.807) is 11.9 Å². The van der Waals surface area contributed by atoms with Crippen molar-refractivity contribution in [3.63, 3.8) is 0 Å². The zero-order valence-electron chi connectivity index (χ0n) is 20.2. The fraction of sp³-hybridized carbons (Fsp3) is 0.345. The Hall–Kier alpha value is -3.19. The van der Waals surface area contributed by atoms with Crippen molar-refractivity contribution in [2.24, 2.45) is 0 Å². The summed E-state index contributed by atoms with van der Waals surface area (Å²) in [7, 11) is 1.73. The largest absolute Gasteiger partial charge is 0.448 e. The second kappa shape index (κ2) is 13.0. The van der Waals surface area contributed by atoms with Gasteiger partial charge in [0.15, 0.2) is 0 Å². The van der Waals surface area contributed by atoms with Crippen molar-refractivity contribution in [1.29, 1.82) is 0 Å². The second-order valence-electron chi connectivity index (χ2n) is 8.49. The molecule has 35 heavy (non-hydrogen) atoms. The minimum Gasteiger partial charge on any atom is -0.448 e. The number of hydrogen-bond acceptors (Lipinski definition) is 5. The molecule has 6 nitrogen and oxygen atoms in total. The molecule has 0 aliphatic heterocycles. The molecular weight excluding hydrogens is 442 g/mol. The maximum Gasteiger partial charge on any atom is 0.409 e. The van der Waals surface area contributed by atoms with Gasteiger partial charge in [-0.2, -0.15) is 0 Å². The van der Waals surface area contributed by atoms with Gasteiger partial charge in [0.05, 0.1) is 39.6 Å². The van der Waals surface area contributed by atoms with E-state index in [0.29, 0.717) is 52.8 Å². The van der Waals surface area contributed by atoms with Crippen LogP contribution >= 0.6 is 0 Å². The van der Waals surface area contributed by atoms with Gasteiger partial charge in [-0.05, 0) is 27.8 Å². The molecule has 3 aromatic carbocycles. The van der Waals surface area contributed by atoms with Gasteiger partial charge in [-0.15, -0.1) is 0 Å². The van der Waals surface area contributed by atoms with Gasteiger partial charge in [0.2, 0.25) is 0 Å². The number of carbonyl (C=O) groups excluding carboxylic acids is 1. The van der Waals surface area contributed by atoms with E-state index < -0.39 is 0 Å². The first-order valence-electron chi connectivity index (χ1n) is 12.1. The Balaban J connectivity index is 1.07. The van der Waals surface area contributed by atoms with Crippen LogP contribution in [0.1, 0.15) is 22.6 Å². The molecule has 1 aliphatic rings. The van der Waals surface area contributed by atoms with Crippen LogP contribution in [0.15, 0.2) is 78.9 Å². The fourth-order valence-corrected chi connectivity index (χ4v) is 4.20. The summed E-state index contributed by atoms with van der Waals surface area (Å²) in [5.74, 6) is 0.0600. The lowest BCUT2D eigenvalue weighted by atomic mass is 9.98. The molecule has 0 aromatic heterocycles. The molecular formula is C29H33NO5. The minimum atomic E-state index is -0.345. The Morgan fingerprint density at radius 2 is 1.26 bits per heavy atom. The van der Waals surface area contributed by atoms with Gasteiger partial charge in [-0.3, -0.25) is 0 Å². The second-order valence-corrected chi connectivity index (χ2v) is 8.49. The number of rotatable bonds is 13. The van der Waals surface area contributed by atoms with Crippen LogP contribution in [-0.2, 0) is 25.6 Å². The summed E-state index contributed by atoms with van der Waals surface area (Å²) in [6.45, 7) is 3.81. The highest BCUT2D eigenvalue weighted by atomic mass is 16.6. The maximum absolute atomic E-state index is 12.5. The first-order chi connectivity index (χ1) is 17.2. The molecule has 0 atom stereocenters. The standard InChI is InChI=1S/C29H33NO5/c1-30(15-16-32-17-18-33-19-20-34-21-23-9-3-2-4-10-23)29(31)35-22-28-26-13-7-5-11-24(26)25-12-6-8-14-27(25)28/h2-14,28H,15-22H2,1H3. The van der Waals surface area contributed by atoms with Gasteiger partial charge < -0.3 is 23.8 Å². The van der Waals surface area contributed by atoms with Crippen molar-refractivity contribution in [2.45, 2.75) is 12.5 Å². The monoisotopic (exact) mass is 475 g/mol. The number of amides is 1. The smallest absolute Gasteiger partial charge is 0.409 e. The molecule has 6 heteroatoms. The third-order valence-electron chi connectivity index (χ3n) is 6.07. The third kappa shape index (κ3) is 6.92. The zero-order valence-corrected chi connectivity index (χ0v) is 20.2. The third-order valence-corrected chi connectivity index (χ3v) is 6.07. The molecule has 0 N–H and O–H groups in total. The van der Waals surface area contributed by atoms with Crippen molar-refractivity contribution in [1.82, 2.24) is 4.90 Å². The van der Waals surface area contributed by atoms with Gasteiger partial charge in [-0.25, -0.2) is 4.79 Å². The summed E-state index contributed by atoms with van der Waals surface area (Å²) in [5.41, 5.74) is 6.00. The summed E-state index contributed by atoms with van der Waals surface area (Å²) in [6, 6.07) is 26.7. The average Bonchev–Trinajstić information content (AvgIpc) is 3.22. The molecule has 0 unspecified atom stereocenters. The van der Waals surface area contributed by atoms with Gasteiger partial charge in [0.1, 0.15) is 6.61 Å². The van der Waals surface area contributed by atoms with E-state index >= 15 is 0 Å². The molecule has 0 fully saturated rings. The zero-order chi connectivity index (χ0) is 24.3. The summed E-state index contributed by atoms with van der Waals surface area (Å²) in [5, 5.41) is 0. The van der Waals surface area contributed by atoms with Gasteiger partial charge in [-0.1, -0.05) is 78.9 Å². The van der Waals surface area contributed by atoms with E-state index in [9.17, 15) is 4.79 Å². The number of carbonyl (C=O) groups is 1. The number of hydrogen-bond donors (Lipinski definition) is 0. The van der Waals surface area contributed by atoms with Crippen molar-refractivity contribution < 1.29 is 23.7 Å². The number of fused-ring (bicyclic) bond motifs is 3. The molecule has 0 radical (unpaired) electrons. The highest BCUT2D eigenvalue weighted by molar-refractivity contribution is 5.79. The van der Waals surface area contributed by atoms with E-state index in [1.807, 2.05) is 54.6 Å². The molecule has 0 saturated heterocycles. The Bertz CT molecular complexity index is 1030. The Kier molecular flexibility index (Phi) is 9.29. The van der Waals surface area contributed by atoms with Crippen molar-refractivity contribution in [3.8, 4) is 11.1 Å². The molecule has 3 aromatic rings. The highest BCUT2D eigenvalue weighted by Crippen LogP contribution is 2.44. The first kappa shape index (κ1) is 24.9. The molecule has 0 heterocycles. The van der Waals surface area contributed by atoms with Crippen LogP contribution in [0.5, 0.6) is 0 Å². The number of nitrogens with zero attached hydrogens (tertiary/aromatic N) is 1. The summed E-state index contributed by atoms with van der Waals surface area (Å²) < 4.78 is 22.3. The quantitative estimate of drug-likeness (QED) is 0.321. The van der Waals surface area contributed by atoms with Gasteiger partial charge in [0, 0.05) is 19.5 Å². The van der Waals surface area contributed by atoms with Crippen molar-refractivity contribution in [2.75, 3.05) is 53.2 Å². The van der Waals surface area contributed by atoms with Crippen LogP contribution < -0.4 is 0 Å². The van der Waals surface area contributed by atoms with E-state index in [2.05, 4.69) is 24.3 Å². The molecule has 0 saturated carbocycles. The molecule has 1 amide bonds. The van der Waals surface area contributed by atoms with Crippen molar-refractivity contribution >= 4 is 6.09 Å². The van der Waals surface area contributed by atoms with Crippen LogP contribution in [0.4, 0.5) is 4.79 Å². The Morgan fingerprint density at radius 3 is 1.91 bits per heavy atom. The molecule has 0 spiro atoms. The number of ether oxygens (including phenoxy) is 4. The van der Waals surface area contributed by atoms with Crippen LogP contribution in [-0.4, -0.2) is 64.2 Å². The highest BCUT2D eigenvalue weighted by Gasteiger charge is 2.29. The van der Waals surface area contributed by atoms with Crippen LogP contribution in [0.25, 0.3) is 11.1 Å². The lowest BCUT2D eigenvalue weighted by molar-refractivity contribution is 0.00760. The Labute approximate surface area is 207 Å². The normalized spacial score (nSPS) is 12.3. The predicted octanol–water partition coefficient (Wildman–Crippen LogP) is 5.12. The fourth-order valence-electron chi connectivity index (χ4n) is 4.20. The average molecular weight is 476 g/mol. The van der Waals surface area contributed by atoms with E-state index in [-0.39, 0.29) is 12.0 Å². The summed E-state index contributed by atoms with van der Waals surface area (Å²) in [4.78, 5) is 14.0. The Morgan fingerprint density at radius 1 is 0.714 bits per heavy atom. The molecule has 0 bridgehead atoms. The SMILES string of the molecule is CN(CCOCCOCCOCc1ccccc1)C(=O)OCC1c2ccccc2-c2ccccc21. The minimum absolute atomic E-state index is 0.0600. The number of likely N-dealkylation sites (N-methyl/N-ethyl adjacent to an activating group) is 1. The van der Waals surface area contributed by atoms with E-state index in [4.69, 9.17) is 18.9 Å². The molecule has 1 aliphatic carbocycles. The van der Waals surface area contributed by atoms with E-state index in [0.717, 1.165) is 5.56 Å². The van der Waals surface area contributed by atoms with Crippen LogP contribution in [0.2, 0.25) is 0 Å². The number of benzene rings is 3. The van der Waals surface area contributed by atoms with Gasteiger partial charge >= 0.3 is 6.09 Å². The summed E-state index contributed by atoms with van der Waals surface area (Å²) in [6.07, 6.45) is -0.345. The van der Waals surface area contributed by atoms with Crippen LogP contribution in [0.3, 0.4) is 0 Å². The first-order valence-corrected chi connectivity index (χ1v) is 12.1. The van der Waals surface area contributed by atoms with Crippen molar-refractivity contribution in [3.05, 3.63) is 95.6 Å². The predicted molar refractivity (Wildman–Crippen MR) is 135 cm³/mol. The topological polar surface area (TPSA) is 57.2 Å². The van der Waals surface area contributed by atoms with E-state index in [1.165, 1.54) is 22.3 Å². The lowest BCUT2D eigenvalue weighted by Gasteiger charge is -2.19. The summed E-state index contributed by atoms with van der Waals surface area (Å²) >= 11 is 0. The maximum atomic E-state index is 12.5. The molecule has 4 rings (SSSR count).